The lowest BCUT2D eigenvalue weighted by molar-refractivity contribution is 0.0347. The fourth-order valence-electron chi connectivity index (χ4n) is 3.32. The molecule has 2 heterocycles. The van der Waals surface area contributed by atoms with Crippen molar-refractivity contribution in [2.75, 3.05) is 13.1 Å². The number of carbonyl (C=O) groups is 1. The predicted molar refractivity (Wildman–Crippen MR) is 99.3 cm³/mol. The van der Waals surface area contributed by atoms with E-state index in [2.05, 4.69) is 15.4 Å². The van der Waals surface area contributed by atoms with Crippen LogP contribution in [0.5, 0.6) is 0 Å². The third-order valence-electron chi connectivity index (χ3n) is 4.91. The molecule has 2 N–H and O–H groups in total. The SMILES string of the molecule is Cc1ccc(Cl)c(C(=O)N[C@@H]2CCN(Cc3c(C)noc3C)C[C@H]2O)c1. The van der Waals surface area contributed by atoms with Crippen LogP contribution in [0.4, 0.5) is 0 Å². The predicted octanol–water partition coefficient (Wildman–Crippen LogP) is 2.62. The van der Waals surface area contributed by atoms with Gasteiger partial charge in [0.25, 0.3) is 5.91 Å². The Bertz CT molecular complexity index is 786. The van der Waals surface area contributed by atoms with Crippen LogP contribution >= 0.6 is 11.6 Å². The highest BCUT2D eigenvalue weighted by Crippen LogP contribution is 2.21. The molecular formula is C19H24ClN3O3. The van der Waals surface area contributed by atoms with Gasteiger partial charge < -0.3 is 14.9 Å². The average molecular weight is 378 g/mol. The van der Waals surface area contributed by atoms with Crippen LogP contribution in [0.1, 0.15) is 39.4 Å². The maximum absolute atomic E-state index is 12.5. The third-order valence-corrected chi connectivity index (χ3v) is 5.24. The number of aromatic nitrogens is 1. The Balaban J connectivity index is 1.60. The van der Waals surface area contributed by atoms with E-state index in [1.807, 2.05) is 26.8 Å². The number of nitrogens with zero attached hydrogens (tertiary/aromatic N) is 2. The van der Waals surface area contributed by atoms with E-state index in [9.17, 15) is 9.90 Å². The van der Waals surface area contributed by atoms with Crippen molar-refractivity contribution in [3.63, 3.8) is 0 Å². The van der Waals surface area contributed by atoms with Gasteiger partial charge in [-0.05, 0) is 39.3 Å². The number of nitrogens with one attached hydrogen (secondary N) is 1. The first-order chi connectivity index (χ1) is 12.3. The molecule has 7 heteroatoms. The molecule has 0 unspecified atom stereocenters. The second kappa shape index (κ2) is 7.78. The van der Waals surface area contributed by atoms with Crippen molar-refractivity contribution in [1.82, 2.24) is 15.4 Å². The number of rotatable bonds is 4. The Morgan fingerprint density at radius 1 is 1.42 bits per heavy atom. The minimum atomic E-state index is -0.642. The van der Waals surface area contributed by atoms with E-state index >= 15 is 0 Å². The van der Waals surface area contributed by atoms with E-state index in [1.54, 1.807) is 12.1 Å². The Hall–Kier alpha value is -1.89. The molecule has 0 radical (unpaired) electrons. The minimum Gasteiger partial charge on any atom is -0.390 e. The number of aliphatic hydroxyl groups excluding tert-OH is 1. The molecule has 140 valence electrons. The number of amides is 1. The lowest BCUT2D eigenvalue weighted by atomic mass is 10.00. The molecule has 2 atom stereocenters. The van der Waals surface area contributed by atoms with E-state index in [0.29, 0.717) is 30.1 Å². The van der Waals surface area contributed by atoms with Crippen LogP contribution in [0.15, 0.2) is 22.7 Å². The molecule has 1 aliphatic rings. The van der Waals surface area contributed by atoms with Crippen molar-refractivity contribution < 1.29 is 14.4 Å². The number of benzene rings is 1. The highest BCUT2D eigenvalue weighted by atomic mass is 35.5. The van der Waals surface area contributed by atoms with Gasteiger partial charge >= 0.3 is 0 Å². The number of β-amino-alcohol motifs (C(OH)–C–C–N with tert-alkyl or cyclic N) is 1. The molecule has 1 fully saturated rings. The molecule has 0 bridgehead atoms. The fourth-order valence-corrected chi connectivity index (χ4v) is 3.52. The molecular weight excluding hydrogens is 354 g/mol. The number of hydrogen-bond acceptors (Lipinski definition) is 5. The van der Waals surface area contributed by atoms with Crippen molar-refractivity contribution >= 4 is 17.5 Å². The maximum Gasteiger partial charge on any atom is 0.253 e. The lowest BCUT2D eigenvalue weighted by Crippen LogP contribution is -2.53. The number of aliphatic hydroxyl groups is 1. The molecule has 0 spiro atoms. The number of carbonyl (C=O) groups excluding carboxylic acids is 1. The molecule has 2 aromatic rings. The molecule has 0 aliphatic carbocycles. The molecule has 1 saturated heterocycles. The number of halogens is 1. The van der Waals surface area contributed by atoms with E-state index in [-0.39, 0.29) is 11.9 Å². The van der Waals surface area contributed by atoms with Crippen molar-refractivity contribution in [2.45, 2.75) is 45.9 Å². The van der Waals surface area contributed by atoms with Gasteiger partial charge in [-0.2, -0.15) is 0 Å². The monoisotopic (exact) mass is 377 g/mol. The molecule has 0 saturated carbocycles. The zero-order valence-electron chi connectivity index (χ0n) is 15.3. The van der Waals surface area contributed by atoms with Crippen molar-refractivity contribution in [3.8, 4) is 0 Å². The average Bonchev–Trinajstić information content (AvgIpc) is 2.91. The summed E-state index contributed by atoms with van der Waals surface area (Å²) in [4.78, 5) is 14.7. The summed E-state index contributed by atoms with van der Waals surface area (Å²) in [6.07, 6.45) is 0.0245. The summed E-state index contributed by atoms with van der Waals surface area (Å²) >= 11 is 6.13. The zero-order valence-corrected chi connectivity index (χ0v) is 16.0. The normalized spacial score (nSPS) is 21.0. The summed E-state index contributed by atoms with van der Waals surface area (Å²) < 4.78 is 5.20. The molecule has 1 aromatic carbocycles. The summed E-state index contributed by atoms with van der Waals surface area (Å²) in [6, 6.07) is 5.05. The van der Waals surface area contributed by atoms with Gasteiger partial charge in [0, 0.05) is 25.2 Å². The molecule has 1 amide bonds. The Morgan fingerprint density at radius 2 is 2.19 bits per heavy atom. The quantitative estimate of drug-likeness (QED) is 0.856. The van der Waals surface area contributed by atoms with Crippen LogP contribution in [0.3, 0.4) is 0 Å². The summed E-state index contributed by atoms with van der Waals surface area (Å²) in [5.41, 5.74) is 3.35. The minimum absolute atomic E-state index is 0.248. The van der Waals surface area contributed by atoms with E-state index < -0.39 is 6.10 Å². The van der Waals surface area contributed by atoms with Gasteiger partial charge in [0.1, 0.15) is 5.76 Å². The topological polar surface area (TPSA) is 78.6 Å². The van der Waals surface area contributed by atoms with Gasteiger partial charge in [0.15, 0.2) is 0 Å². The second-order valence-electron chi connectivity index (χ2n) is 6.96. The van der Waals surface area contributed by atoms with Gasteiger partial charge in [0.05, 0.1) is 28.4 Å². The number of likely N-dealkylation sites (tertiary alicyclic amines) is 1. The second-order valence-corrected chi connectivity index (χ2v) is 7.36. The molecule has 6 nitrogen and oxygen atoms in total. The highest BCUT2D eigenvalue weighted by Gasteiger charge is 2.30. The van der Waals surface area contributed by atoms with Crippen molar-refractivity contribution in [3.05, 3.63) is 51.4 Å². The maximum atomic E-state index is 12.5. The first kappa shape index (κ1) is 18.9. The van der Waals surface area contributed by atoms with Gasteiger partial charge in [-0.1, -0.05) is 28.4 Å². The van der Waals surface area contributed by atoms with Crippen LogP contribution in [0.2, 0.25) is 5.02 Å². The smallest absolute Gasteiger partial charge is 0.253 e. The standard InChI is InChI=1S/C19H24ClN3O3/c1-11-4-5-16(20)14(8-11)19(25)21-17-6-7-23(10-18(17)24)9-15-12(2)22-26-13(15)3/h4-5,8,17-18,24H,6-7,9-10H2,1-3H3,(H,21,25)/t17-,18-/m1/s1. The Kier molecular flexibility index (Phi) is 5.65. The van der Waals surface area contributed by atoms with Crippen molar-refractivity contribution in [2.24, 2.45) is 0 Å². The Morgan fingerprint density at radius 3 is 2.85 bits per heavy atom. The zero-order chi connectivity index (χ0) is 18.8. The van der Waals surface area contributed by atoms with Gasteiger partial charge in [-0.25, -0.2) is 0 Å². The molecule has 26 heavy (non-hydrogen) atoms. The van der Waals surface area contributed by atoms with Crippen molar-refractivity contribution in [1.29, 1.82) is 0 Å². The fraction of sp³-hybridized carbons (Fsp3) is 0.474. The lowest BCUT2D eigenvalue weighted by Gasteiger charge is -2.36. The number of piperidine rings is 1. The summed E-state index contributed by atoms with van der Waals surface area (Å²) in [7, 11) is 0. The van der Waals surface area contributed by atoms with Gasteiger partial charge in [-0.15, -0.1) is 0 Å². The molecule has 1 aromatic heterocycles. The van der Waals surface area contributed by atoms with Crippen LogP contribution < -0.4 is 5.32 Å². The Labute approximate surface area is 158 Å². The first-order valence-electron chi connectivity index (χ1n) is 8.74. The molecule has 3 rings (SSSR count). The van der Waals surface area contributed by atoms with E-state index in [0.717, 1.165) is 29.1 Å². The summed E-state index contributed by atoms with van der Waals surface area (Å²) in [5, 5.41) is 17.8. The van der Waals surface area contributed by atoms with Gasteiger partial charge in [-0.3, -0.25) is 9.69 Å². The number of aryl methyl sites for hydroxylation is 3. The van der Waals surface area contributed by atoms with E-state index in [4.69, 9.17) is 16.1 Å². The summed E-state index contributed by atoms with van der Waals surface area (Å²) in [5.74, 6) is 0.559. The van der Waals surface area contributed by atoms with Crippen LogP contribution in [0, 0.1) is 20.8 Å². The largest absolute Gasteiger partial charge is 0.390 e. The van der Waals surface area contributed by atoms with Crippen LogP contribution in [0.25, 0.3) is 0 Å². The third kappa shape index (κ3) is 4.09. The van der Waals surface area contributed by atoms with Crippen LogP contribution in [-0.2, 0) is 6.54 Å². The number of hydrogen-bond donors (Lipinski definition) is 2. The summed E-state index contributed by atoms with van der Waals surface area (Å²) in [6.45, 7) is 7.66. The van der Waals surface area contributed by atoms with Crippen LogP contribution in [-0.4, -0.2) is 46.3 Å². The first-order valence-corrected chi connectivity index (χ1v) is 9.12. The highest BCUT2D eigenvalue weighted by molar-refractivity contribution is 6.33. The van der Waals surface area contributed by atoms with Gasteiger partial charge in [0.2, 0.25) is 0 Å². The molecule has 1 aliphatic heterocycles. The van der Waals surface area contributed by atoms with E-state index in [1.165, 1.54) is 0 Å².